The summed E-state index contributed by atoms with van der Waals surface area (Å²) < 4.78 is 13.3. The van der Waals surface area contributed by atoms with Crippen LogP contribution in [0.2, 0.25) is 10.0 Å². The molecule has 0 fully saturated rings. The van der Waals surface area contributed by atoms with Crippen LogP contribution in [0.15, 0.2) is 36.4 Å². The average Bonchev–Trinajstić information content (AvgIpc) is 2.45. The number of benzene rings is 2. The summed E-state index contributed by atoms with van der Waals surface area (Å²) in [4.78, 5) is 23.6. The van der Waals surface area contributed by atoms with E-state index < -0.39 is 17.8 Å². The van der Waals surface area contributed by atoms with Crippen LogP contribution in [0, 0.1) is 5.82 Å². The molecule has 120 valence electrons. The number of nitrogens with two attached hydrogens (primary N) is 1. The highest BCUT2D eigenvalue weighted by atomic mass is 35.5. The van der Waals surface area contributed by atoms with E-state index in [1.807, 2.05) is 5.43 Å². The number of rotatable bonds is 3. The fraction of sp³-hybridized carbons (Fsp3) is 0. The third-order valence-corrected chi connectivity index (χ3v) is 3.16. The van der Waals surface area contributed by atoms with Gasteiger partial charge in [0, 0.05) is 15.7 Å². The van der Waals surface area contributed by atoms with Crippen LogP contribution in [0.1, 0.15) is 10.4 Å². The number of urea groups is 1. The minimum Gasteiger partial charge on any atom is -0.308 e. The lowest BCUT2D eigenvalue weighted by Gasteiger charge is -2.11. The van der Waals surface area contributed by atoms with Crippen LogP contribution >= 0.6 is 23.2 Å². The van der Waals surface area contributed by atoms with Crippen molar-refractivity contribution < 1.29 is 14.0 Å². The Morgan fingerprint density at radius 2 is 1.65 bits per heavy atom. The van der Waals surface area contributed by atoms with Gasteiger partial charge in [-0.1, -0.05) is 23.2 Å². The Kier molecular flexibility index (Phi) is 5.38. The minimum absolute atomic E-state index is 0.00757. The van der Waals surface area contributed by atoms with E-state index in [-0.39, 0.29) is 11.3 Å². The van der Waals surface area contributed by atoms with E-state index in [9.17, 15) is 14.0 Å². The third kappa shape index (κ3) is 4.56. The number of hydrogen-bond donors (Lipinski definition) is 4. The summed E-state index contributed by atoms with van der Waals surface area (Å²) in [5.41, 5.74) is 2.21. The first-order valence-electron chi connectivity index (χ1n) is 6.23. The second-order valence-electron chi connectivity index (χ2n) is 4.40. The molecular formula is C14H11Cl2FN4O2. The molecule has 0 aliphatic carbocycles. The van der Waals surface area contributed by atoms with Crippen LogP contribution in [0.25, 0.3) is 0 Å². The third-order valence-electron chi connectivity index (χ3n) is 2.73. The molecule has 0 saturated heterocycles. The van der Waals surface area contributed by atoms with E-state index in [1.165, 1.54) is 24.3 Å². The Hall–Kier alpha value is -2.35. The number of amides is 3. The second-order valence-corrected chi connectivity index (χ2v) is 5.27. The number of carbonyl (C=O) groups is 2. The van der Waals surface area contributed by atoms with Gasteiger partial charge in [0.1, 0.15) is 5.82 Å². The number of anilines is 2. The first-order valence-corrected chi connectivity index (χ1v) is 6.99. The molecular weight excluding hydrogens is 346 g/mol. The Labute approximate surface area is 140 Å². The molecule has 6 nitrogen and oxygen atoms in total. The van der Waals surface area contributed by atoms with Crippen molar-refractivity contribution >= 4 is 46.5 Å². The molecule has 9 heteroatoms. The monoisotopic (exact) mass is 356 g/mol. The second kappa shape index (κ2) is 7.28. The molecule has 0 radical (unpaired) electrons. The summed E-state index contributed by atoms with van der Waals surface area (Å²) in [6, 6.07) is 7.02. The van der Waals surface area contributed by atoms with E-state index >= 15 is 0 Å². The number of halogens is 3. The molecule has 0 spiro atoms. The Balaban J connectivity index is 2.19. The van der Waals surface area contributed by atoms with Gasteiger partial charge in [-0.3, -0.25) is 10.2 Å². The zero-order valence-electron chi connectivity index (χ0n) is 11.5. The first-order chi connectivity index (χ1) is 10.9. The van der Waals surface area contributed by atoms with Gasteiger partial charge in [-0.25, -0.2) is 15.0 Å². The Bertz CT molecular complexity index is 750. The number of carbonyl (C=O) groups excluding carboxylic acids is 2. The van der Waals surface area contributed by atoms with Crippen LogP contribution in [0.5, 0.6) is 0 Å². The summed E-state index contributed by atoms with van der Waals surface area (Å²) in [5, 5.41) is 5.50. The van der Waals surface area contributed by atoms with Crippen molar-refractivity contribution in [3.63, 3.8) is 0 Å². The smallest absolute Gasteiger partial charge is 0.308 e. The van der Waals surface area contributed by atoms with Crippen molar-refractivity contribution in [2.24, 2.45) is 5.84 Å². The number of nitrogens with one attached hydrogen (secondary N) is 3. The van der Waals surface area contributed by atoms with Gasteiger partial charge >= 0.3 is 6.03 Å². The molecule has 0 saturated carbocycles. The molecule has 2 aromatic carbocycles. The van der Waals surface area contributed by atoms with Gasteiger partial charge in [0.15, 0.2) is 0 Å². The lowest BCUT2D eigenvalue weighted by atomic mass is 10.1. The van der Waals surface area contributed by atoms with Gasteiger partial charge in [-0.05, 0) is 36.4 Å². The highest BCUT2D eigenvalue weighted by Gasteiger charge is 2.14. The lowest BCUT2D eigenvalue weighted by Crippen LogP contribution is -2.31. The Morgan fingerprint density at radius 1 is 1.00 bits per heavy atom. The van der Waals surface area contributed by atoms with Gasteiger partial charge in [0.05, 0.1) is 11.3 Å². The number of nitrogen functional groups attached to an aromatic ring is 1. The molecule has 0 aliphatic heterocycles. The van der Waals surface area contributed by atoms with E-state index in [1.54, 1.807) is 0 Å². The van der Waals surface area contributed by atoms with E-state index in [0.29, 0.717) is 15.7 Å². The van der Waals surface area contributed by atoms with Crippen LogP contribution in [0.4, 0.5) is 20.6 Å². The summed E-state index contributed by atoms with van der Waals surface area (Å²) >= 11 is 11.7. The van der Waals surface area contributed by atoms with E-state index in [4.69, 9.17) is 29.0 Å². The molecule has 0 bridgehead atoms. The van der Waals surface area contributed by atoms with E-state index in [0.717, 1.165) is 12.1 Å². The highest BCUT2D eigenvalue weighted by Crippen LogP contribution is 2.23. The molecule has 2 aromatic rings. The SMILES string of the molecule is NNC(=O)c1ccc(F)cc1NC(=O)Nc1cc(Cl)cc(Cl)c1. The Morgan fingerprint density at radius 3 is 2.26 bits per heavy atom. The fourth-order valence-corrected chi connectivity index (χ4v) is 2.33. The van der Waals surface area contributed by atoms with Crippen molar-refractivity contribution in [3.05, 3.63) is 57.8 Å². The van der Waals surface area contributed by atoms with Gasteiger partial charge < -0.3 is 10.6 Å². The zero-order valence-corrected chi connectivity index (χ0v) is 13.0. The van der Waals surface area contributed by atoms with Crippen molar-refractivity contribution in [2.45, 2.75) is 0 Å². The van der Waals surface area contributed by atoms with Crippen molar-refractivity contribution in [3.8, 4) is 0 Å². The summed E-state index contributed by atoms with van der Waals surface area (Å²) in [7, 11) is 0. The molecule has 3 amide bonds. The summed E-state index contributed by atoms with van der Waals surface area (Å²) in [6.07, 6.45) is 0. The van der Waals surface area contributed by atoms with E-state index in [2.05, 4.69) is 10.6 Å². The molecule has 0 aliphatic rings. The lowest BCUT2D eigenvalue weighted by molar-refractivity contribution is 0.0954. The number of hydrazine groups is 1. The predicted molar refractivity (Wildman–Crippen MR) is 87.2 cm³/mol. The minimum atomic E-state index is -0.708. The molecule has 2 rings (SSSR count). The van der Waals surface area contributed by atoms with Crippen molar-refractivity contribution in [1.82, 2.24) is 5.43 Å². The van der Waals surface area contributed by atoms with Crippen molar-refractivity contribution in [2.75, 3.05) is 10.6 Å². The molecule has 5 N–H and O–H groups in total. The van der Waals surface area contributed by atoms with Gasteiger partial charge in [0.25, 0.3) is 5.91 Å². The summed E-state index contributed by atoms with van der Waals surface area (Å²) in [6.45, 7) is 0. The quantitative estimate of drug-likeness (QED) is 0.385. The van der Waals surface area contributed by atoms with Gasteiger partial charge in [-0.2, -0.15) is 0 Å². The van der Waals surface area contributed by atoms with Gasteiger partial charge in [-0.15, -0.1) is 0 Å². The molecule has 0 heterocycles. The normalized spacial score (nSPS) is 10.1. The van der Waals surface area contributed by atoms with Crippen molar-refractivity contribution in [1.29, 1.82) is 0 Å². The van der Waals surface area contributed by atoms with Crippen LogP contribution in [0.3, 0.4) is 0 Å². The zero-order chi connectivity index (χ0) is 17.0. The van der Waals surface area contributed by atoms with Gasteiger partial charge in [0.2, 0.25) is 0 Å². The largest absolute Gasteiger partial charge is 0.323 e. The summed E-state index contributed by atoms with van der Waals surface area (Å²) in [5.74, 6) is 3.75. The fourth-order valence-electron chi connectivity index (χ4n) is 1.81. The standard InChI is InChI=1S/C14H11Cl2FN4O2/c15-7-3-8(16)5-10(4-7)19-14(23)20-12-6-9(17)1-2-11(12)13(22)21-18/h1-6H,18H2,(H,21,22)(H2,19,20,23). The molecule has 0 unspecified atom stereocenters. The highest BCUT2D eigenvalue weighted by molar-refractivity contribution is 6.35. The maximum absolute atomic E-state index is 13.3. The van der Waals surface area contributed by atoms with Crippen LogP contribution < -0.4 is 21.9 Å². The molecule has 0 aromatic heterocycles. The molecule has 0 atom stereocenters. The molecule has 23 heavy (non-hydrogen) atoms. The van der Waals surface area contributed by atoms with Crippen LogP contribution in [-0.2, 0) is 0 Å². The maximum Gasteiger partial charge on any atom is 0.323 e. The van der Waals surface area contributed by atoms with Crippen LogP contribution in [-0.4, -0.2) is 11.9 Å². The maximum atomic E-state index is 13.3. The first kappa shape index (κ1) is 17.0. The topological polar surface area (TPSA) is 96.2 Å². The predicted octanol–water partition coefficient (Wildman–Crippen LogP) is 3.38. The number of hydrogen-bond acceptors (Lipinski definition) is 3. The average molecular weight is 357 g/mol.